The van der Waals surface area contributed by atoms with Crippen LogP contribution in [0.1, 0.15) is 35.7 Å². The Balaban J connectivity index is 1.82. The molecule has 1 aromatic carbocycles. The number of hydrogen-bond donors (Lipinski definition) is 1. The van der Waals surface area contributed by atoms with Gasteiger partial charge in [0.15, 0.2) is 0 Å². The molecule has 6 nitrogen and oxygen atoms in total. The highest BCUT2D eigenvalue weighted by molar-refractivity contribution is 7.17. The number of thiazole rings is 1. The maximum absolute atomic E-state index is 10.7. The lowest BCUT2D eigenvalue weighted by Crippen LogP contribution is -2.34. The maximum Gasteiger partial charge on any atom is 0.230 e. The summed E-state index contributed by atoms with van der Waals surface area (Å²) in [6.07, 6.45) is 5.10. The number of ether oxygens (including phenoxy) is 1. The average molecular weight is 344 g/mol. The first kappa shape index (κ1) is 15.4. The number of hydrogen-bond acceptors (Lipinski definition) is 6. The van der Waals surface area contributed by atoms with Crippen LogP contribution in [-0.2, 0) is 0 Å². The number of benzene rings is 1. The van der Waals surface area contributed by atoms with Gasteiger partial charge in [-0.2, -0.15) is 9.61 Å². The Hall–Kier alpha value is -2.12. The number of methoxy groups -OCH3 is 1. The monoisotopic (exact) mass is 344 g/mol. The Morgan fingerprint density at radius 2 is 2.08 bits per heavy atom. The summed E-state index contributed by atoms with van der Waals surface area (Å²) in [4.78, 5) is 8.26. The lowest BCUT2D eigenvalue weighted by atomic mass is 10.00. The van der Waals surface area contributed by atoms with Gasteiger partial charge in [0.2, 0.25) is 10.8 Å². The molecule has 1 unspecified atom stereocenters. The molecular formula is C17H20N4O2S. The predicted octanol–water partition coefficient (Wildman–Crippen LogP) is 3.08. The molecule has 4 rings (SSSR count). The van der Waals surface area contributed by atoms with Gasteiger partial charge in [-0.05, 0) is 43.6 Å². The molecular weight excluding hydrogens is 324 g/mol. The van der Waals surface area contributed by atoms with Crippen molar-refractivity contribution in [1.29, 1.82) is 0 Å². The van der Waals surface area contributed by atoms with Crippen LogP contribution in [-0.4, -0.2) is 44.8 Å². The van der Waals surface area contributed by atoms with Crippen LogP contribution in [0.3, 0.4) is 0 Å². The van der Waals surface area contributed by atoms with Crippen LogP contribution in [0.25, 0.3) is 4.96 Å². The number of piperidine rings is 1. The summed E-state index contributed by atoms with van der Waals surface area (Å²) in [5, 5.41) is 14.8. The summed E-state index contributed by atoms with van der Waals surface area (Å²) in [6, 6.07) is 8.08. The predicted molar refractivity (Wildman–Crippen MR) is 92.8 cm³/mol. The molecule has 0 saturated carbocycles. The van der Waals surface area contributed by atoms with E-state index in [-0.39, 0.29) is 11.9 Å². The van der Waals surface area contributed by atoms with Crippen molar-refractivity contribution in [2.75, 3.05) is 20.2 Å². The first-order valence-corrected chi connectivity index (χ1v) is 8.99. The van der Waals surface area contributed by atoms with Crippen molar-refractivity contribution >= 4 is 16.3 Å². The molecule has 0 aliphatic carbocycles. The van der Waals surface area contributed by atoms with Crippen molar-refractivity contribution in [3.8, 4) is 11.6 Å². The zero-order valence-electron chi connectivity index (χ0n) is 13.6. The second-order valence-corrected chi connectivity index (χ2v) is 7.03. The zero-order chi connectivity index (χ0) is 16.5. The van der Waals surface area contributed by atoms with Gasteiger partial charge in [-0.25, -0.2) is 4.98 Å². The molecule has 2 aromatic heterocycles. The fraction of sp³-hybridized carbons (Fsp3) is 0.412. The van der Waals surface area contributed by atoms with Crippen molar-refractivity contribution in [2.45, 2.75) is 25.3 Å². The summed E-state index contributed by atoms with van der Waals surface area (Å²) in [7, 11) is 1.68. The van der Waals surface area contributed by atoms with Crippen LogP contribution in [0, 0.1) is 0 Å². The van der Waals surface area contributed by atoms with E-state index in [2.05, 4.69) is 27.1 Å². The van der Waals surface area contributed by atoms with E-state index in [0.717, 1.165) is 29.3 Å². The van der Waals surface area contributed by atoms with E-state index < -0.39 is 0 Å². The lowest BCUT2D eigenvalue weighted by Gasteiger charge is -2.34. The summed E-state index contributed by atoms with van der Waals surface area (Å²) < 4.78 is 6.91. The van der Waals surface area contributed by atoms with Gasteiger partial charge < -0.3 is 9.84 Å². The quantitative estimate of drug-likeness (QED) is 0.788. The summed E-state index contributed by atoms with van der Waals surface area (Å²) in [6.45, 7) is 2.05. The van der Waals surface area contributed by atoms with Gasteiger partial charge in [-0.1, -0.05) is 29.9 Å². The molecule has 0 radical (unpaired) electrons. The van der Waals surface area contributed by atoms with Gasteiger partial charge >= 0.3 is 0 Å². The van der Waals surface area contributed by atoms with Crippen molar-refractivity contribution in [2.24, 2.45) is 0 Å². The van der Waals surface area contributed by atoms with Gasteiger partial charge in [-0.15, -0.1) is 0 Å². The smallest absolute Gasteiger partial charge is 0.230 e. The van der Waals surface area contributed by atoms with Crippen molar-refractivity contribution in [1.82, 2.24) is 19.5 Å². The van der Waals surface area contributed by atoms with E-state index in [9.17, 15) is 5.11 Å². The molecule has 0 amide bonds. The minimum Gasteiger partial charge on any atom is -0.497 e. The fourth-order valence-electron chi connectivity index (χ4n) is 3.39. The van der Waals surface area contributed by atoms with Gasteiger partial charge in [0.25, 0.3) is 0 Å². The Morgan fingerprint density at radius 1 is 1.25 bits per heavy atom. The van der Waals surface area contributed by atoms with Crippen molar-refractivity contribution in [3.05, 3.63) is 41.0 Å². The van der Waals surface area contributed by atoms with Crippen LogP contribution < -0.4 is 4.74 Å². The van der Waals surface area contributed by atoms with Crippen LogP contribution in [0.15, 0.2) is 30.6 Å². The minimum atomic E-state index is -0.00565. The van der Waals surface area contributed by atoms with Gasteiger partial charge in [0.05, 0.1) is 18.0 Å². The molecule has 24 heavy (non-hydrogen) atoms. The average Bonchev–Trinajstić information content (AvgIpc) is 3.20. The molecule has 1 saturated heterocycles. The van der Waals surface area contributed by atoms with Gasteiger partial charge in [0, 0.05) is 0 Å². The molecule has 1 aliphatic heterocycles. The number of nitrogens with zero attached hydrogens (tertiary/aromatic N) is 4. The first-order chi connectivity index (χ1) is 11.8. The van der Waals surface area contributed by atoms with E-state index in [1.54, 1.807) is 7.11 Å². The number of aromatic hydroxyl groups is 1. The zero-order valence-corrected chi connectivity index (χ0v) is 14.4. The summed E-state index contributed by atoms with van der Waals surface area (Å²) in [5.41, 5.74) is 1.12. The molecule has 1 aliphatic rings. The van der Waals surface area contributed by atoms with Crippen LogP contribution in [0.2, 0.25) is 0 Å². The normalized spacial score (nSPS) is 17.2. The largest absolute Gasteiger partial charge is 0.497 e. The molecule has 0 spiro atoms. The van der Waals surface area contributed by atoms with Gasteiger partial charge in [0.1, 0.15) is 12.1 Å². The molecule has 1 fully saturated rings. The number of rotatable bonds is 4. The van der Waals surface area contributed by atoms with E-state index in [1.165, 1.54) is 41.4 Å². The van der Waals surface area contributed by atoms with E-state index in [0.29, 0.717) is 4.96 Å². The number of aromatic nitrogens is 3. The Morgan fingerprint density at radius 3 is 2.83 bits per heavy atom. The SMILES string of the molecule is COc1cccc(C(c2sc3ncnn3c2O)N2CCCCC2)c1. The van der Waals surface area contributed by atoms with Crippen LogP contribution >= 0.6 is 11.3 Å². The van der Waals surface area contributed by atoms with E-state index in [4.69, 9.17) is 4.74 Å². The van der Waals surface area contributed by atoms with E-state index in [1.807, 2.05) is 12.1 Å². The molecule has 0 bridgehead atoms. The Kier molecular flexibility index (Phi) is 4.12. The van der Waals surface area contributed by atoms with Crippen molar-refractivity contribution < 1.29 is 9.84 Å². The number of likely N-dealkylation sites (tertiary alicyclic amines) is 1. The van der Waals surface area contributed by atoms with Crippen molar-refractivity contribution in [3.63, 3.8) is 0 Å². The van der Waals surface area contributed by atoms with E-state index >= 15 is 0 Å². The molecule has 1 N–H and O–H groups in total. The first-order valence-electron chi connectivity index (χ1n) is 8.17. The lowest BCUT2D eigenvalue weighted by molar-refractivity contribution is 0.186. The third-order valence-electron chi connectivity index (χ3n) is 4.55. The second-order valence-electron chi connectivity index (χ2n) is 6.02. The second kappa shape index (κ2) is 6.41. The highest BCUT2D eigenvalue weighted by Crippen LogP contribution is 2.41. The standard InChI is InChI=1S/C17H20N4O2S/c1-23-13-7-5-6-12(10-13)14(20-8-3-2-4-9-20)15-16(22)21-17(24-15)18-11-19-21/h5-7,10-11,14,22H,2-4,8-9H2,1H3. The molecule has 1 atom stereocenters. The number of fused-ring (bicyclic) bond motifs is 1. The van der Waals surface area contributed by atoms with Gasteiger partial charge in [-0.3, -0.25) is 4.90 Å². The molecule has 3 aromatic rings. The highest BCUT2D eigenvalue weighted by atomic mass is 32.1. The third-order valence-corrected chi connectivity index (χ3v) is 5.64. The molecule has 7 heteroatoms. The maximum atomic E-state index is 10.7. The van der Waals surface area contributed by atoms with Crippen LogP contribution in [0.4, 0.5) is 0 Å². The summed E-state index contributed by atoms with van der Waals surface area (Å²) >= 11 is 1.50. The highest BCUT2D eigenvalue weighted by Gasteiger charge is 2.30. The Bertz CT molecular complexity index is 838. The molecule has 126 valence electrons. The minimum absolute atomic E-state index is 0.00565. The topological polar surface area (TPSA) is 62.9 Å². The Labute approximate surface area is 144 Å². The fourth-order valence-corrected chi connectivity index (χ4v) is 4.48. The third kappa shape index (κ3) is 2.63. The molecule has 3 heterocycles. The summed E-state index contributed by atoms with van der Waals surface area (Å²) in [5.74, 6) is 1.01. The van der Waals surface area contributed by atoms with Crippen LogP contribution in [0.5, 0.6) is 11.6 Å².